The Morgan fingerprint density at radius 1 is 0.884 bits per heavy atom. The monoisotopic (exact) mass is 641 g/mol. The Balaban J connectivity index is 1.91. The summed E-state index contributed by atoms with van der Waals surface area (Å²) in [4.78, 5) is 25.2. The van der Waals surface area contributed by atoms with Gasteiger partial charge in [0.05, 0.1) is 56.6 Å². The molecule has 2 heterocycles. The highest BCUT2D eigenvalue weighted by Crippen LogP contribution is 2.36. The fraction of sp³-hybridized carbons (Fsp3) is 0.385. The van der Waals surface area contributed by atoms with Crippen LogP contribution in [0, 0.1) is 0 Å². The van der Waals surface area contributed by atoms with Gasteiger partial charge in [0.2, 0.25) is 0 Å². The van der Waals surface area contributed by atoms with Crippen LogP contribution in [0.3, 0.4) is 0 Å². The van der Waals surface area contributed by atoms with Crippen molar-refractivity contribution in [1.82, 2.24) is 20.3 Å². The van der Waals surface area contributed by atoms with E-state index in [4.69, 9.17) is 0 Å². The summed E-state index contributed by atoms with van der Waals surface area (Å²) in [6, 6.07) is 2.09. The van der Waals surface area contributed by atoms with Crippen molar-refractivity contribution in [2.45, 2.75) is 57.0 Å². The Hall–Kier alpha value is -3.76. The normalized spacial score (nSPS) is 14.7. The third kappa shape index (κ3) is 8.87. The first-order valence-electron chi connectivity index (χ1n) is 12.4. The van der Waals surface area contributed by atoms with Gasteiger partial charge in [0.15, 0.2) is 0 Å². The van der Waals surface area contributed by atoms with Gasteiger partial charge in [-0.25, -0.2) is 4.21 Å². The van der Waals surface area contributed by atoms with E-state index in [0.717, 1.165) is 6.20 Å². The van der Waals surface area contributed by atoms with Gasteiger partial charge < -0.3 is 5.32 Å². The van der Waals surface area contributed by atoms with Crippen LogP contribution in [-0.2, 0) is 22.1 Å². The summed E-state index contributed by atoms with van der Waals surface area (Å²) in [6.07, 6.45) is -12.5. The molecular formula is C26H24F9N5O2S. The van der Waals surface area contributed by atoms with E-state index < -0.39 is 74.3 Å². The number of nitrogens with one attached hydrogen (secondary N) is 1. The second kappa shape index (κ2) is 12.5. The summed E-state index contributed by atoms with van der Waals surface area (Å²) in [6.45, 7) is 4.33. The Kier molecular flexibility index (Phi) is 9.78. The van der Waals surface area contributed by atoms with Gasteiger partial charge in [-0.2, -0.15) is 43.9 Å². The molecule has 0 aliphatic carbocycles. The zero-order valence-corrected chi connectivity index (χ0v) is 23.4. The number of carbonyl (C=O) groups is 1. The third-order valence-corrected chi connectivity index (χ3v) is 8.78. The predicted octanol–water partition coefficient (Wildman–Crippen LogP) is 7.53. The molecule has 2 atom stereocenters. The molecule has 0 bridgehead atoms. The minimum atomic E-state index is -5.15. The van der Waals surface area contributed by atoms with Crippen molar-refractivity contribution in [3.05, 3.63) is 71.3 Å². The number of alkyl halides is 9. The number of hydrogen-bond donors (Lipinski definition) is 1. The van der Waals surface area contributed by atoms with Crippen molar-refractivity contribution < 1.29 is 48.5 Å². The molecule has 1 aromatic carbocycles. The Morgan fingerprint density at radius 2 is 1.47 bits per heavy atom. The third-order valence-electron chi connectivity index (χ3n) is 6.00. The number of benzene rings is 1. The molecule has 1 N–H and O–H groups in total. The van der Waals surface area contributed by atoms with Crippen LogP contribution in [0.1, 0.15) is 60.4 Å². The summed E-state index contributed by atoms with van der Waals surface area (Å²) in [7, 11) is -3.31. The number of halogens is 9. The van der Waals surface area contributed by atoms with Gasteiger partial charge in [-0.05, 0) is 37.3 Å². The molecule has 0 radical (unpaired) electrons. The summed E-state index contributed by atoms with van der Waals surface area (Å²) < 4.78 is 135. The van der Waals surface area contributed by atoms with Crippen molar-refractivity contribution in [3.8, 4) is 11.4 Å². The quantitative estimate of drug-likeness (QED) is 0.257. The van der Waals surface area contributed by atoms with Gasteiger partial charge in [-0.15, -0.1) is 0 Å². The average molecular weight is 642 g/mol. The molecule has 7 nitrogen and oxygen atoms in total. The number of aromatic nitrogens is 3. The summed E-state index contributed by atoms with van der Waals surface area (Å²) in [5.74, 6) is -1.96. The molecule has 17 heteroatoms. The van der Waals surface area contributed by atoms with E-state index in [1.165, 1.54) is 45.3 Å². The van der Waals surface area contributed by atoms with Crippen molar-refractivity contribution in [2.24, 2.45) is 4.36 Å². The highest BCUT2D eigenvalue weighted by atomic mass is 32.2. The van der Waals surface area contributed by atoms with E-state index in [1.807, 2.05) is 0 Å². The van der Waals surface area contributed by atoms with Crippen LogP contribution < -0.4 is 5.32 Å². The lowest BCUT2D eigenvalue weighted by Crippen LogP contribution is -2.28. The average Bonchev–Trinajstić information content (AvgIpc) is 2.90. The second-order valence-corrected chi connectivity index (χ2v) is 12.5. The molecule has 1 amide bonds. The number of rotatable bonds is 8. The minimum Gasteiger partial charge on any atom is -0.344 e. The van der Waals surface area contributed by atoms with E-state index in [1.54, 1.807) is 0 Å². The topological polar surface area (TPSA) is 97.2 Å². The molecule has 0 aliphatic rings. The van der Waals surface area contributed by atoms with Crippen LogP contribution in [-0.4, -0.2) is 42.2 Å². The molecule has 0 saturated carbocycles. The van der Waals surface area contributed by atoms with Gasteiger partial charge in [0.25, 0.3) is 5.91 Å². The van der Waals surface area contributed by atoms with E-state index in [-0.39, 0.29) is 28.8 Å². The first-order chi connectivity index (χ1) is 19.7. The highest BCUT2D eigenvalue weighted by Gasteiger charge is 2.38. The standard InChI is InChI=1S/C26H24F9N5O2S/c1-14(2)43(42,9-6-24(27,28)29)40-19-4-5-20(38-13-19)22-21(36-7-8-37-22)15(3)39-23(41)16-10-17(25(30,31)32)12-18(11-16)26(33,34)35/h4-5,7-8,10-15H,6,9H2,1-3H3,(H,39,41)/t15-,43?/m0/s1. The van der Waals surface area contributed by atoms with Crippen molar-refractivity contribution in [2.75, 3.05) is 5.75 Å². The van der Waals surface area contributed by atoms with E-state index in [2.05, 4.69) is 24.6 Å². The zero-order chi connectivity index (χ0) is 32.4. The predicted molar refractivity (Wildman–Crippen MR) is 138 cm³/mol. The SMILES string of the molecule is CC(C)S(=O)(CCC(F)(F)F)=Nc1ccc(-c2nccnc2[C@H](C)NC(=O)c2cc(C(F)(F)F)cc(C(F)(F)F)c2)nc1. The molecule has 0 fully saturated rings. The molecular weight excluding hydrogens is 617 g/mol. The fourth-order valence-corrected chi connectivity index (χ4v) is 5.47. The van der Waals surface area contributed by atoms with E-state index in [0.29, 0.717) is 12.1 Å². The first-order valence-corrected chi connectivity index (χ1v) is 14.1. The lowest BCUT2D eigenvalue weighted by Gasteiger charge is -2.18. The highest BCUT2D eigenvalue weighted by molar-refractivity contribution is 7.94. The van der Waals surface area contributed by atoms with Gasteiger partial charge in [-0.1, -0.05) is 13.8 Å². The van der Waals surface area contributed by atoms with Crippen LogP contribution in [0.15, 0.2) is 53.3 Å². The smallest absolute Gasteiger partial charge is 0.344 e. The molecule has 234 valence electrons. The van der Waals surface area contributed by atoms with Crippen molar-refractivity contribution >= 4 is 21.3 Å². The van der Waals surface area contributed by atoms with Crippen LogP contribution in [0.25, 0.3) is 11.4 Å². The molecule has 3 rings (SSSR count). The van der Waals surface area contributed by atoms with E-state index in [9.17, 15) is 48.5 Å². The first kappa shape index (κ1) is 33.7. The van der Waals surface area contributed by atoms with Crippen LogP contribution in [0.2, 0.25) is 0 Å². The largest absolute Gasteiger partial charge is 0.416 e. The van der Waals surface area contributed by atoms with Crippen molar-refractivity contribution in [1.29, 1.82) is 0 Å². The van der Waals surface area contributed by atoms with Gasteiger partial charge in [-0.3, -0.25) is 19.7 Å². The summed E-state index contributed by atoms with van der Waals surface area (Å²) in [5.41, 5.74) is -3.92. The molecule has 2 aromatic heterocycles. The van der Waals surface area contributed by atoms with Gasteiger partial charge in [0.1, 0.15) is 5.69 Å². The zero-order valence-electron chi connectivity index (χ0n) is 22.6. The maximum Gasteiger partial charge on any atom is 0.416 e. The second-order valence-electron chi connectivity index (χ2n) is 9.58. The summed E-state index contributed by atoms with van der Waals surface area (Å²) in [5, 5.41) is 1.61. The number of nitrogens with zero attached hydrogens (tertiary/aromatic N) is 4. The van der Waals surface area contributed by atoms with Crippen LogP contribution >= 0.6 is 0 Å². The molecule has 43 heavy (non-hydrogen) atoms. The number of hydrogen-bond acceptors (Lipinski definition) is 6. The van der Waals surface area contributed by atoms with Gasteiger partial charge in [0, 0.05) is 29.0 Å². The fourth-order valence-electron chi connectivity index (χ4n) is 3.70. The van der Waals surface area contributed by atoms with Gasteiger partial charge >= 0.3 is 18.5 Å². The molecule has 3 aromatic rings. The Labute approximate surface area is 240 Å². The van der Waals surface area contributed by atoms with E-state index >= 15 is 0 Å². The minimum absolute atomic E-state index is 0.0291. The van der Waals surface area contributed by atoms with Crippen LogP contribution in [0.4, 0.5) is 45.2 Å². The van der Waals surface area contributed by atoms with Crippen LogP contribution in [0.5, 0.6) is 0 Å². The number of carbonyl (C=O) groups excluding carboxylic acids is 1. The number of pyridine rings is 1. The lowest BCUT2D eigenvalue weighted by atomic mass is 10.0. The maximum absolute atomic E-state index is 13.2. The summed E-state index contributed by atoms with van der Waals surface area (Å²) >= 11 is 0. The Morgan fingerprint density at radius 3 is 1.95 bits per heavy atom. The van der Waals surface area contributed by atoms with Crippen molar-refractivity contribution in [3.63, 3.8) is 0 Å². The maximum atomic E-state index is 13.2. The Bertz CT molecular complexity index is 1550. The molecule has 0 spiro atoms. The molecule has 1 unspecified atom stereocenters. The number of amides is 1. The molecule has 0 saturated heterocycles. The molecule has 0 aliphatic heterocycles. The lowest BCUT2D eigenvalue weighted by molar-refractivity contribution is -0.143.